The van der Waals surface area contributed by atoms with Gasteiger partial charge < -0.3 is 19.9 Å². The molecule has 1 heterocycles. The number of hydrogen-bond donors (Lipinski definition) is 2. The third kappa shape index (κ3) is 4.82. The molecule has 1 aliphatic heterocycles. The van der Waals surface area contributed by atoms with Gasteiger partial charge >= 0.3 is 11.9 Å². The van der Waals surface area contributed by atoms with Crippen molar-refractivity contribution in [2.45, 2.75) is 25.7 Å². The molecule has 0 aliphatic carbocycles. The molecule has 0 amide bonds. The number of aliphatic carboxylic acids is 1. The number of rotatable bonds is 9. The summed E-state index contributed by atoms with van der Waals surface area (Å²) in [5, 5.41) is 32.5. The van der Waals surface area contributed by atoms with Crippen LogP contribution in [0.5, 0.6) is 0 Å². The molecule has 1 aromatic rings. The average Bonchev–Trinajstić information content (AvgIpc) is 2.72. The Bertz CT molecular complexity index is 942. The molecular formula is C20H21N3O7. The standard InChI is InChI=1S/C20H21N3O7/c1-3-14-18(20(26)30-10-4-9-21)16(12-5-7-13(8-6-12)23(27)28)17(19(24)25)15(22-14)11-29-2/h5-8,16,22H,3-4,10-11H2,1-2H3,(H,24,25). The molecule has 158 valence electrons. The Morgan fingerprint density at radius 2 is 1.93 bits per heavy atom. The fraction of sp³-hybridized carbons (Fsp3) is 0.350. The van der Waals surface area contributed by atoms with Gasteiger partial charge in [-0.05, 0) is 12.0 Å². The largest absolute Gasteiger partial charge is 0.478 e. The van der Waals surface area contributed by atoms with Crippen LogP contribution in [-0.2, 0) is 19.1 Å². The number of nitro benzene ring substituents is 1. The Labute approximate surface area is 172 Å². The number of methoxy groups -OCH3 is 1. The predicted molar refractivity (Wildman–Crippen MR) is 104 cm³/mol. The summed E-state index contributed by atoms with van der Waals surface area (Å²) < 4.78 is 10.3. The molecule has 30 heavy (non-hydrogen) atoms. The van der Waals surface area contributed by atoms with Crippen LogP contribution in [-0.4, -0.2) is 42.3 Å². The second-order valence-corrected chi connectivity index (χ2v) is 6.33. The van der Waals surface area contributed by atoms with Gasteiger partial charge in [0.05, 0.1) is 46.8 Å². The number of carbonyl (C=O) groups is 2. The van der Waals surface area contributed by atoms with Crippen molar-refractivity contribution in [3.63, 3.8) is 0 Å². The van der Waals surface area contributed by atoms with Crippen LogP contribution in [0.4, 0.5) is 5.69 Å². The number of nitrogens with one attached hydrogen (secondary N) is 1. The molecule has 0 fully saturated rings. The first-order valence-electron chi connectivity index (χ1n) is 9.09. The highest BCUT2D eigenvalue weighted by molar-refractivity contribution is 5.99. The maximum absolute atomic E-state index is 12.8. The number of ether oxygens (including phenoxy) is 2. The van der Waals surface area contributed by atoms with E-state index in [-0.39, 0.29) is 42.2 Å². The maximum atomic E-state index is 12.8. The van der Waals surface area contributed by atoms with E-state index < -0.39 is 22.8 Å². The summed E-state index contributed by atoms with van der Waals surface area (Å²) in [4.78, 5) is 35.4. The fourth-order valence-electron chi connectivity index (χ4n) is 3.23. The van der Waals surface area contributed by atoms with Crippen LogP contribution < -0.4 is 5.32 Å². The van der Waals surface area contributed by atoms with E-state index in [0.717, 1.165) is 0 Å². The molecule has 0 saturated carbocycles. The quantitative estimate of drug-likeness (QED) is 0.268. The van der Waals surface area contributed by atoms with Crippen molar-refractivity contribution in [2.75, 3.05) is 20.3 Å². The van der Waals surface area contributed by atoms with E-state index in [1.54, 1.807) is 6.92 Å². The molecule has 1 atom stereocenters. The lowest BCUT2D eigenvalue weighted by Gasteiger charge is -2.31. The van der Waals surface area contributed by atoms with Gasteiger partial charge in [-0.25, -0.2) is 9.59 Å². The number of benzene rings is 1. The number of nitro groups is 1. The van der Waals surface area contributed by atoms with Crippen LogP contribution in [0.3, 0.4) is 0 Å². The molecule has 0 aromatic heterocycles. The van der Waals surface area contributed by atoms with Crippen molar-refractivity contribution in [1.82, 2.24) is 5.32 Å². The van der Waals surface area contributed by atoms with Crippen LogP contribution in [0.2, 0.25) is 0 Å². The highest BCUT2D eigenvalue weighted by atomic mass is 16.6. The van der Waals surface area contributed by atoms with E-state index in [0.29, 0.717) is 17.7 Å². The second kappa shape index (κ2) is 10.2. The van der Waals surface area contributed by atoms with E-state index in [9.17, 15) is 24.8 Å². The molecular weight excluding hydrogens is 394 g/mol. The lowest BCUT2D eigenvalue weighted by atomic mass is 9.79. The van der Waals surface area contributed by atoms with E-state index in [4.69, 9.17) is 14.7 Å². The molecule has 0 saturated heterocycles. The Morgan fingerprint density at radius 3 is 2.43 bits per heavy atom. The summed E-state index contributed by atoms with van der Waals surface area (Å²) in [6.07, 6.45) is 0.360. The minimum atomic E-state index is -1.27. The minimum absolute atomic E-state index is 0.00728. The van der Waals surface area contributed by atoms with Gasteiger partial charge in [0.2, 0.25) is 0 Å². The van der Waals surface area contributed by atoms with Gasteiger partial charge in [-0.2, -0.15) is 5.26 Å². The summed E-state index contributed by atoms with van der Waals surface area (Å²) in [6, 6.07) is 7.19. The molecule has 0 radical (unpaired) electrons. The Hall–Kier alpha value is -3.71. The topological polar surface area (TPSA) is 152 Å². The monoisotopic (exact) mass is 415 g/mol. The molecule has 1 unspecified atom stereocenters. The van der Waals surface area contributed by atoms with Crippen molar-refractivity contribution in [3.05, 3.63) is 62.5 Å². The summed E-state index contributed by atoms with van der Waals surface area (Å²) in [6.45, 7) is 1.61. The third-order valence-electron chi connectivity index (χ3n) is 4.51. The molecule has 2 rings (SSSR count). The Kier molecular flexibility index (Phi) is 7.66. The van der Waals surface area contributed by atoms with Crippen molar-refractivity contribution in [1.29, 1.82) is 5.26 Å². The molecule has 2 N–H and O–H groups in total. The second-order valence-electron chi connectivity index (χ2n) is 6.33. The third-order valence-corrected chi connectivity index (χ3v) is 4.51. The van der Waals surface area contributed by atoms with Crippen molar-refractivity contribution in [3.8, 4) is 6.07 Å². The number of allylic oxidation sites excluding steroid dienone is 1. The number of non-ortho nitro benzene ring substituents is 1. The van der Waals surface area contributed by atoms with E-state index in [1.807, 2.05) is 6.07 Å². The minimum Gasteiger partial charge on any atom is -0.478 e. The van der Waals surface area contributed by atoms with Crippen molar-refractivity contribution in [2.24, 2.45) is 0 Å². The highest BCUT2D eigenvalue weighted by Gasteiger charge is 2.39. The first kappa shape index (κ1) is 22.6. The average molecular weight is 415 g/mol. The van der Waals surface area contributed by atoms with Crippen LogP contribution in [0.25, 0.3) is 0 Å². The van der Waals surface area contributed by atoms with Gasteiger partial charge in [0.25, 0.3) is 5.69 Å². The van der Waals surface area contributed by atoms with Gasteiger partial charge in [-0.15, -0.1) is 0 Å². The lowest BCUT2D eigenvalue weighted by molar-refractivity contribution is -0.384. The van der Waals surface area contributed by atoms with Crippen molar-refractivity contribution < 1.29 is 29.1 Å². The SMILES string of the molecule is CCC1=C(C(=O)OCCC#N)C(c2ccc([N+](=O)[O-])cc2)C(C(=O)O)=C(COC)N1. The number of carboxylic acids is 1. The summed E-state index contributed by atoms with van der Waals surface area (Å²) in [5.41, 5.74) is 0.919. The zero-order valence-corrected chi connectivity index (χ0v) is 16.5. The number of dihydropyridines is 1. The summed E-state index contributed by atoms with van der Waals surface area (Å²) in [7, 11) is 1.41. The van der Waals surface area contributed by atoms with Gasteiger partial charge in [-0.3, -0.25) is 10.1 Å². The van der Waals surface area contributed by atoms with Gasteiger partial charge in [-0.1, -0.05) is 19.1 Å². The normalized spacial score (nSPS) is 16.0. The number of nitrogens with zero attached hydrogens (tertiary/aromatic N) is 2. The molecule has 10 nitrogen and oxygen atoms in total. The molecule has 0 spiro atoms. The molecule has 0 bridgehead atoms. The zero-order chi connectivity index (χ0) is 22.3. The van der Waals surface area contributed by atoms with Gasteiger partial charge in [0.1, 0.15) is 6.61 Å². The number of esters is 1. The first-order chi connectivity index (χ1) is 14.3. The number of carbonyl (C=O) groups excluding carboxylic acids is 1. The lowest BCUT2D eigenvalue weighted by Crippen LogP contribution is -2.34. The maximum Gasteiger partial charge on any atom is 0.336 e. The highest BCUT2D eigenvalue weighted by Crippen LogP contribution is 2.40. The van der Waals surface area contributed by atoms with E-state index in [2.05, 4.69) is 5.32 Å². The molecule has 1 aliphatic rings. The van der Waals surface area contributed by atoms with Crippen LogP contribution >= 0.6 is 0 Å². The molecule has 10 heteroatoms. The Balaban J connectivity index is 2.65. The fourth-order valence-corrected chi connectivity index (χ4v) is 3.23. The molecule has 1 aromatic carbocycles. The smallest absolute Gasteiger partial charge is 0.336 e. The summed E-state index contributed by atoms with van der Waals surface area (Å²) >= 11 is 0. The van der Waals surface area contributed by atoms with Crippen LogP contribution in [0, 0.1) is 21.4 Å². The predicted octanol–water partition coefficient (Wildman–Crippen LogP) is 2.39. The van der Waals surface area contributed by atoms with Crippen molar-refractivity contribution >= 4 is 17.6 Å². The zero-order valence-electron chi connectivity index (χ0n) is 16.5. The van der Waals surface area contributed by atoms with Crippen LogP contribution in [0.15, 0.2) is 46.8 Å². The number of hydrogen-bond acceptors (Lipinski definition) is 8. The number of carboxylic acid groups (broad SMARTS) is 1. The van der Waals surface area contributed by atoms with Gasteiger partial charge in [0, 0.05) is 24.9 Å². The van der Waals surface area contributed by atoms with Crippen LogP contribution in [0.1, 0.15) is 31.2 Å². The van der Waals surface area contributed by atoms with Gasteiger partial charge in [0.15, 0.2) is 0 Å². The summed E-state index contributed by atoms with van der Waals surface area (Å²) in [5.74, 6) is -3.05. The number of nitriles is 1. The van der Waals surface area contributed by atoms with E-state index >= 15 is 0 Å². The van der Waals surface area contributed by atoms with E-state index in [1.165, 1.54) is 31.4 Å². The Morgan fingerprint density at radius 1 is 1.27 bits per heavy atom. The first-order valence-corrected chi connectivity index (χ1v) is 9.09.